The van der Waals surface area contributed by atoms with Crippen LogP contribution in [0.4, 0.5) is 10.1 Å². The number of aromatic nitrogens is 1. The molecular formula is C14H10ClFN2OS. The third-order valence-electron chi connectivity index (χ3n) is 2.79. The molecule has 0 fully saturated rings. The van der Waals surface area contributed by atoms with E-state index in [2.05, 4.69) is 4.98 Å². The van der Waals surface area contributed by atoms with E-state index in [-0.39, 0.29) is 5.82 Å². The highest BCUT2D eigenvalue weighted by molar-refractivity contribution is 7.98. The molecule has 0 radical (unpaired) electrons. The SMILES string of the molecule is Nc1ccc2oc(SCc3c(F)cccc3Cl)nc2c1. The summed E-state index contributed by atoms with van der Waals surface area (Å²) in [5.41, 5.74) is 8.09. The lowest BCUT2D eigenvalue weighted by molar-refractivity contribution is 0.489. The highest BCUT2D eigenvalue weighted by Crippen LogP contribution is 2.30. The average molecular weight is 309 g/mol. The summed E-state index contributed by atoms with van der Waals surface area (Å²) >= 11 is 7.26. The van der Waals surface area contributed by atoms with Crippen molar-refractivity contribution < 1.29 is 8.81 Å². The minimum Gasteiger partial charge on any atom is -0.431 e. The predicted octanol–water partition coefficient (Wildman–Crippen LogP) is 4.49. The fraction of sp³-hybridized carbons (Fsp3) is 0.0714. The van der Waals surface area contributed by atoms with Gasteiger partial charge in [-0.15, -0.1) is 0 Å². The number of nitrogen functional groups attached to an aromatic ring is 1. The van der Waals surface area contributed by atoms with Crippen molar-refractivity contribution in [3.8, 4) is 0 Å². The van der Waals surface area contributed by atoms with Crippen LogP contribution in [0.2, 0.25) is 5.02 Å². The average Bonchev–Trinajstić information content (AvgIpc) is 2.80. The molecule has 0 saturated heterocycles. The smallest absolute Gasteiger partial charge is 0.257 e. The third-order valence-corrected chi connectivity index (χ3v) is 4.00. The van der Waals surface area contributed by atoms with Crippen LogP contribution in [0.5, 0.6) is 0 Å². The number of halogens is 2. The number of benzene rings is 2. The molecule has 1 heterocycles. The maximum absolute atomic E-state index is 13.6. The minimum absolute atomic E-state index is 0.328. The largest absolute Gasteiger partial charge is 0.431 e. The topological polar surface area (TPSA) is 52.0 Å². The number of fused-ring (bicyclic) bond motifs is 1. The van der Waals surface area contributed by atoms with Crippen LogP contribution in [0.25, 0.3) is 11.1 Å². The molecule has 3 rings (SSSR count). The second-order valence-electron chi connectivity index (χ2n) is 4.20. The molecule has 2 aromatic carbocycles. The zero-order valence-electron chi connectivity index (χ0n) is 10.3. The van der Waals surface area contributed by atoms with E-state index in [1.54, 1.807) is 30.3 Å². The predicted molar refractivity (Wildman–Crippen MR) is 79.4 cm³/mol. The van der Waals surface area contributed by atoms with Crippen molar-refractivity contribution in [1.29, 1.82) is 0 Å². The molecule has 1 aromatic heterocycles. The monoisotopic (exact) mass is 308 g/mol. The van der Waals surface area contributed by atoms with Gasteiger partial charge in [0.2, 0.25) is 0 Å². The quantitative estimate of drug-likeness (QED) is 0.572. The van der Waals surface area contributed by atoms with E-state index in [1.165, 1.54) is 17.8 Å². The van der Waals surface area contributed by atoms with Crippen molar-refractivity contribution in [3.05, 3.63) is 52.8 Å². The first-order valence-electron chi connectivity index (χ1n) is 5.85. The van der Waals surface area contributed by atoms with Crippen molar-refractivity contribution in [2.45, 2.75) is 11.0 Å². The van der Waals surface area contributed by atoms with Gasteiger partial charge in [0.15, 0.2) is 5.58 Å². The molecule has 102 valence electrons. The van der Waals surface area contributed by atoms with E-state index in [1.807, 2.05) is 0 Å². The molecule has 0 amide bonds. The summed E-state index contributed by atoms with van der Waals surface area (Å²) in [5.74, 6) is 0.0266. The van der Waals surface area contributed by atoms with Gasteiger partial charge in [0, 0.05) is 22.0 Å². The zero-order chi connectivity index (χ0) is 14.1. The Kier molecular flexibility index (Phi) is 3.54. The van der Waals surface area contributed by atoms with Gasteiger partial charge in [-0.05, 0) is 30.3 Å². The number of hydrogen-bond donors (Lipinski definition) is 1. The normalized spacial score (nSPS) is 11.1. The first kappa shape index (κ1) is 13.3. The molecule has 0 spiro atoms. The van der Waals surface area contributed by atoms with Crippen LogP contribution in [0.3, 0.4) is 0 Å². The number of anilines is 1. The second-order valence-corrected chi connectivity index (χ2v) is 5.53. The van der Waals surface area contributed by atoms with E-state index >= 15 is 0 Å². The Morgan fingerprint density at radius 2 is 2.15 bits per heavy atom. The van der Waals surface area contributed by atoms with E-state index in [0.29, 0.717) is 38.3 Å². The number of rotatable bonds is 3. The Hall–Kier alpha value is -1.72. The number of thioether (sulfide) groups is 1. The Balaban J connectivity index is 1.83. The number of hydrogen-bond acceptors (Lipinski definition) is 4. The Morgan fingerprint density at radius 1 is 1.30 bits per heavy atom. The molecule has 3 aromatic rings. The van der Waals surface area contributed by atoms with Gasteiger partial charge < -0.3 is 10.2 Å². The van der Waals surface area contributed by atoms with Gasteiger partial charge >= 0.3 is 0 Å². The lowest BCUT2D eigenvalue weighted by Crippen LogP contribution is -1.88. The first-order chi connectivity index (χ1) is 9.63. The van der Waals surface area contributed by atoms with Gasteiger partial charge in [0.25, 0.3) is 5.22 Å². The summed E-state index contributed by atoms with van der Waals surface area (Å²) < 4.78 is 19.2. The summed E-state index contributed by atoms with van der Waals surface area (Å²) in [5, 5.41) is 0.864. The number of oxazole rings is 1. The van der Waals surface area contributed by atoms with Crippen molar-refractivity contribution in [2.75, 3.05) is 5.73 Å². The second kappa shape index (κ2) is 5.34. The molecule has 0 atom stereocenters. The first-order valence-corrected chi connectivity index (χ1v) is 7.21. The van der Waals surface area contributed by atoms with Crippen LogP contribution in [0.1, 0.15) is 5.56 Å². The van der Waals surface area contributed by atoms with Crippen molar-refractivity contribution in [2.24, 2.45) is 0 Å². The number of nitrogens with zero attached hydrogens (tertiary/aromatic N) is 1. The van der Waals surface area contributed by atoms with E-state index in [0.717, 1.165) is 0 Å². The van der Waals surface area contributed by atoms with E-state index in [4.69, 9.17) is 21.8 Å². The van der Waals surface area contributed by atoms with Gasteiger partial charge in [-0.3, -0.25) is 0 Å². The number of nitrogens with two attached hydrogens (primary N) is 1. The van der Waals surface area contributed by atoms with Gasteiger partial charge in [0.1, 0.15) is 11.3 Å². The van der Waals surface area contributed by atoms with Crippen LogP contribution in [0, 0.1) is 5.82 Å². The Morgan fingerprint density at radius 3 is 2.95 bits per heavy atom. The van der Waals surface area contributed by atoms with Crippen LogP contribution in [-0.2, 0) is 5.75 Å². The summed E-state index contributed by atoms with van der Waals surface area (Å²) in [7, 11) is 0. The Bertz CT molecular complexity index is 755. The molecule has 0 bridgehead atoms. The standard InChI is InChI=1S/C14H10ClFN2OS/c15-10-2-1-3-11(16)9(10)7-20-14-18-12-6-8(17)4-5-13(12)19-14/h1-6H,7,17H2. The highest BCUT2D eigenvalue weighted by atomic mass is 35.5. The van der Waals surface area contributed by atoms with Crippen molar-refractivity contribution in [3.63, 3.8) is 0 Å². The molecule has 0 saturated carbocycles. The minimum atomic E-state index is -0.328. The summed E-state index contributed by atoms with van der Waals surface area (Å²) in [4.78, 5) is 4.30. The van der Waals surface area contributed by atoms with Crippen molar-refractivity contribution >= 4 is 40.1 Å². The molecule has 0 aliphatic carbocycles. The van der Waals surface area contributed by atoms with Crippen LogP contribution in [0.15, 0.2) is 46.0 Å². The lowest BCUT2D eigenvalue weighted by atomic mass is 10.2. The van der Waals surface area contributed by atoms with Gasteiger partial charge in [0.05, 0.1) is 0 Å². The van der Waals surface area contributed by atoms with Crippen molar-refractivity contribution in [1.82, 2.24) is 4.98 Å². The molecule has 2 N–H and O–H groups in total. The molecule has 3 nitrogen and oxygen atoms in total. The molecule has 6 heteroatoms. The fourth-order valence-corrected chi connectivity index (χ4v) is 2.97. The molecule has 0 aliphatic rings. The van der Waals surface area contributed by atoms with Gasteiger partial charge in [-0.1, -0.05) is 29.4 Å². The molecular weight excluding hydrogens is 299 g/mol. The summed E-state index contributed by atoms with van der Waals surface area (Å²) in [6.45, 7) is 0. The highest BCUT2D eigenvalue weighted by Gasteiger charge is 2.11. The van der Waals surface area contributed by atoms with E-state index in [9.17, 15) is 4.39 Å². The van der Waals surface area contributed by atoms with Gasteiger partial charge in [-0.2, -0.15) is 0 Å². The van der Waals surface area contributed by atoms with Crippen LogP contribution >= 0.6 is 23.4 Å². The van der Waals surface area contributed by atoms with Crippen LogP contribution < -0.4 is 5.73 Å². The van der Waals surface area contributed by atoms with Gasteiger partial charge in [-0.25, -0.2) is 9.37 Å². The Labute approximate surface area is 123 Å². The van der Waals surface area contributed by atoms with E-state index < -0.39 is 0 Å². The lowest BCUT2D eigenvalue weighted by Gasteiger charge is -2.03. The maximum Gasteiger partial charge on any atom is 0.257 e. The zero-order valence-corrected chi connectivity index (χ0v) is 11.8. The molecule has 0 aliphatic heterocycles. The fourth-order valence-electron chi connectivity index (χ4n) is 1.79. The van der Waals surface area contributed by atoms with Crippen LogP contribution in [-0.4, -0.2) is 4.98 Å². The third kappa shape index (κ3) is 2.59. The summed E-state index contributed by atoms with van der Waals surface area (Å²) in [6.07, 6.45) is 0. The molecule has 20 heavy (non-hydrogen) atoms. The summed E-state index contributed by atoms with van der Waals surface area (Å²) in [6, 6.07) is 9.86. The maximum atomic E-state index is 13.6. The molecule has 0 unspecified atom stereocenters.